The molecule has 0 bridgehead atoms. The molecule has 0 saturated carbocycles. The summed E-state index contributed by atoms with van der Waals surface area (Å²) in [6.07, 6.45) is 0.156. The van der Waals surface area contributed by atoms with Crippen molar-refractivity contribution < 1.29 is 14.6 Å². The Morgan fingerprint density at radius 1 is 1.69 bits per heavy atom. The van der Waals surface area contributed by atoms with E-state index < -0.39 is 12.0 Å². The van der Waals surface area contributed by atoms with Gasteiger partial charge in [-0.15, -0.1) is 0 Å². The van der Waals surface area contributed by atoms with E-state index >= 15 is 0 Å². The molecule has 5 heteroatoms. The van der Waals surface area contributed by atoms with Crippen LogP contribution in [0.4, 0.5) is 0 Å². The summed E-state index contributed by atoms with van der Waals surface area (Å²) in [4.78, 5) is 10.7. The Morgan fingerprint density at radius 3 is 2.88 bits per heavy atom. The standard InChI is InChI=1S/C11H12N2O3/c1-16-9-3-2-8(10(13)11(14)15)6-7(9)4-5-12/h2-3,6,10H,4,13H2,1H3,(H,14,15)/t10-/m0/s1. The molecule has 1 atom stereocenters. The van der Waals surface area contributed by atoms with Crippen molar-refractivity contribution in [3.63, 3.8) is 0 Å². The molecule has 1 rings (SSSR count). The number of rotatable bonds is 4. The molecule has 1 aromatic carbocycles. The number of nitriles is 1. The zero-order chi connectivity index (χ0) is 12.1. The predicted octanol–water partition coefficient (Wildman–Crippen LogP) is 0.846. The van der Waals surface area contributed by atoms with Crippen LogP contribution in [0.5, 0.6) is 5.75 Å². The van der Waals surface area contributed by atoms with Gasteiger partial charge < -0.3 is 15.6 Å². The third kappa shape index (κ3) is 2.49. The minimum atomic E-state index is -1.10. The molecule has 0 spiro atoms. The lowest BCUT2D eigenvalue weighted by Gasteiger charge is -2.11. The lowest BCUT2D eigenvalue weighted by atomic mass is 10.0. The van der Waals surface area contributed by atoms with E-state index in [1.54, 1.807) is 18.2 Å². The summed E-state index contributed by atoms with van der Waals surface area (Å²) in [5.74, 6) is -0.545. The molecule has 1 aromatic rings. The van der Waals surface area contributed by atoms with Crippen LogP contribution < -0.4 is 10.5 Å². The second-order valence-corrected chi connectivity index (χ2v) is 3.22. The molecule has 0 aliphatic heterocycles. The first kappa shape index (κ1) is 12.0. The van der Waals surface area contributed by atoms with E-state index in [1.807, 2.05) is 6.07 Å². The number of nitrogens with zero attached hydrogens (tertiary/aromatic N) is 1. The topological polar surface area (TPSA) is 96.3 Å². The van der Waals surface area contributed by atoms with Crippen LogP contribution in [0.2, 0.25) is 0 Å². The van der Waals surface area contributed by atoms with E-state index in [9.17, 15) is 4.79 Å². The second kappa shape index (κ2) is 5.14. The number of carboxylic acids is 1. The van der Waals surface area contributed by atoms with Gasteiger partial charge in [-0.3, -0.25) is 4.79 Å². The van der Waals surface area contributed by atoms with Crippen LogP contribution in [0.3, 0.4) is 0 Å². The molecule has 0 saturated heterocycles. The van der Waals surface area contributed by atoms with Crippen LogP contribution in [0, 0.1) is 11.3 Å². The Kier molecular flexibility index (Phi) is 3.86. The van der Waals surface area contributed by atoms with Gasteiger partial charge in [-0.05, 0) is 17.7 Å². The normalized spacial score (nSPS) is 11.6. The van der Waals surface area contributed by atoms with E-state index in [-0.39, 0.29) is 6.42 Å². The fourth-order valence-electron chi connectivity index (χ4n) is 1.36. The SMILES string of the molecule is COc1ccc([C@H](N)C(=O)O)cc1CC#N. The minimum Gasteiger partial charge on any atom is -0.496 e. The molecule has 16 heavy (non-hydrogen) atoms. The maximum Gasteiger partial charge on any atom is 0.325 e. The first-order valence-corrected chi connectivity index (χ1v) is 4.62. The number of ether oxygens (including phenoxy) is 1. The van der Waals surface area contributed by atoms with E-state index in [4.69, 9.17) is 20.8 Å². The van der Waals surface area contributed by atoms with Crippen molar-refractivity contribution in [1.29, 1.82) is 5.26 Å². The van der Waals surface area contributed by atoms with Crippen LogP contribution in [0.15, 0.2) is 18.2 Å². The van der Waals surface area contributed by atoms with Gasteiger partial charge in [0.15, 0.2) is 0 Å². The van der Waals surface area contributed by atoms with Crippen molar-refractivity contribution in [2.24, 2.45) is 5.73 Å². The molecule has 0 fully saturated rings. The molecule has 3 N–H and O–H groups in total. The number of carbonyl (C=O) groups is 1. The number of hydrogen-bond acceptors (Lipinski definition) is 4. The largest absolute Gasteiger partial charge is 0.496 e. The molecule has 0 radical (unpaired) electrons. The lowest BCUT2D eigenvalue weighted by molar-refractivity contribution is -0.138. The fourth-order valence-corrected chi connectivity index (χ4v) is 1.36. The molecule has 0 aliphatic carbocycles. The van der Waals surface area contributed by atoms with Gasteiger partial charge in [0.2, 0.25) is 0 Å². The molecule has 0 unspecified atom stereocenters. The quantitative estimate of drug-likeness (QED) is 0.783. The average molecular weight is 220 g/mol. The monoisotopic (exact) mass is 220 g/mol. The second-order valence-electron chi connectivity index (χ2n) is 3.22. The van der Waals surface area contributed by atoms with Gasteiger partial charge in [-0.2, -0.15) is 5.26 Å². The van der Waals surface area contributed by atoms with E-state index in [1.165, 1.54) is 7.11 Å². The number of methoxy groups -OCH3 is 1. The molecular weight excluding hydrogens is 208 g/mol. The number of carboxylic acid groups (broad SMARTS) is 1. The Morgan fingerprint density at radius 2 is 2.38 bits per heavy atom. The molecule has 5 nitrogen and oxygen atoms in total. The van der Waals surface area contributed by atoms with Gasteiger partial charge in [0, 0.05) is 5.56 Å². The Labute approximate surface area is 93.1 Å². The van der Waals surface area contributed by atoms with Crippen molar-refractivity contribution in [2.75, 3.05) is 7.11 Å². The van der Waals surface area contributed by atoms with Crippen LogP contribution in [-0.2, 0) is 11.2 Å². The Hall–Kier alpha value is -2.06. The maximum atomic E-state index is 10.7. The molecule has 0 heterocycles. The maximum absolute atomic E-state index is 10.7. The first-order chi connectivity index (χ1) is 7.60. The van der Waals surface area contributed by atoms with Crippen LogP contribution in [0.1, 0.15) is 17.2 Å². The van der Waals surface area contributed by atoms with E-state index in [2.05, 4.69) is 0 Å². The van der Waals surface area contributed by atoms with Gasteiger partial charge in [0.05, 0.1) is 19.6 Å². The fraction of sp³-hybridized carbons (Fsp3) is 0.273. The van der Waals surface area contributed by atoms with E-state index in [0.717, 1.165) is 0 Å². The zero-order valence-corrected chi connectivity index (χ0v) is 8.80. The number of nitrogens with two attached hydrogens (primary N) is 1. The van der Waals surface area contributed by atoms with E-state index in [0.29, 0.717) is 16.9 Å². The lowest BCUT2D eigenvalue weighted by Crippen LogP contribution is -2.20. The number of aliphatic carboxylic acids is 1. The average Bonchev–Trinajstić information content (AvgIpc) is 2.28. The third-order valence-electron chi connectivity index (χ3n) is 2.20. The number of benzene rings is 1. The van der Waals surface area contributed by atoms with Gasteiger partial charge in [-0.1, -0.05) is 6.07 Å². The van der Waals surface area contributed by atoms with Crippen molar-refractivity contribution in [3.05, 3.63) is 29.3 Å². The highest BCUT2D eigenvalue weighted by Crippen LogP contribution is 2.23. The number of hydrogen-bond donors (Lipinski definition) is 2. The highest BCUT2D eigenvalue weighted by Gasteiger charge is 2.15. The molecule has 84 valence electrons. The van der Waals surface area contributed by atoms with Crippen LogP contribution >= 0.6 is 0 Å². The Balaban J connectivity index is 3.12. The third-order valence-corrected chi connectivity index (χ3v) is 2.20. The van der Waals surface area contributed by atoms with Gasteiger partial charge in [0.25, 0.3) is 0 Å². The van der Waals surface area contributed by atoms with Gasteiger partial charge >= 0.3 is 5.97 Å². The Bertz CT molecular complexity index is 437. The molecule has 0 aliphatic rings. The predicted molar refractivity (Wildman–Crippen MR) is 56.9 cm³/mol. The smallest absolute Gasteiger partial charge is 0.325 e. The molecular formula is C11H12N2O3. The zero-order valence-electron chi connectivity index (χ0n) is 8.80. The van der Waals surface area contributed by atoms with Crippen molar-refractivity contribution in [2.45, 2.75) is 12.5 Å². The van der Waals surface area contributed by atoms with Gasteiger partial charge in [-0.25, -0.2) is 0 Å². The van der Waals surface area contributed by atoms with Crippen molar-refractivity contribution >= 4 is 5.97 Å². The summed E-state index contributed by atoms with van der Waals surface area (Å²) in [6, 6.07) is 5.69. The minimum absolute atomic E-state index is 0.156. The molecule has 0 amide bonds. The summed E-state index contributed by atoms with van der Waals surface area (Å²) in [7, 11) is 1.49. The van der Waals surface area contributed by atoms with Gasteiger partial charge in [0.1, 0.15) is 11.8 Å². The van der Waals surface area contributed by atoms with Crippen molar-refractivity contribution in [3.8, 4) is 11.8 Å². The molecule has 0 aromatic heterocycles. The van der Waals surface area contributed by atoms with Crippen molar-refractivity contribution in [1.82, 2.24) is 0 Å². The highest BCUT2D eigenvalue weighted by molar-refractivity contribution is 5.75. The summed E-state index contributed by atoms with van der Waals surface area (Å²) in [5, 5.41) is 17.4. The highest BCUT2D eigenvalue weighted by atomic mass is 16.5. The summed E-state index contributed by atoms with van der Waals surface area (Å²) >= 11 is 0. The van der Waals surface area contributed by atoms with Crippen LogP contribution in [-0.4, -0.2) is 18.2 Å². The summed E-state index contributed by atoms with van der Waals surface area (Å²) in [5.41, 5.74) is 6.57. The summed E-state index contributed by atoms with van der Waals surface area (Å²) in [6.45, 7) is 0. The first-order valence-electron chi connectivity index (χ1n) is 4.62. The van der Waals surface area contributed by atoms with Crippen LogP contribution in [0.25, 0.3) is 0 Å². The summed E-state index contributed by atoms with van der Waals surface area (Å²) < 4.78 is 5.05.